The molecule has 2 rings (SSSR count). The minimum absolute atomic E-state index is 0.367. The van der Waals surface area contributed by atoms with Crippen LogP contribution < -0.4 is 0 Å². The molecule has 2 heteroatoms. The summed E-state index contributed by atoms with van der Waals surface area (Å²) in [5.41, 5.74) is 0. The second kappa shape index (κ2) is 3.54. The molecule has 1 heterocycles. The second-order valence-corrected chi connectivity index (χ2v) is 3.79. The Morgan fingerprint density at radius 2 is 2.31 bits per heavy atom. The summed E-state index contributed by atoms with van der Waals surface area (Å²) in [5.74, 6) is 2.16. The van der Waals surface area contributed by atoms with Gasteiger partial charge in [0.2, 0.25) is 0 Å². The fraction of sp³-hybridized carbons (Fsp3) is 0.636. The Bertz CT molecular complexity index is 273. The van der Waals surface area contributed by atoms with Crippen LogP contribution in [0.1, 0.15) is 43.8 Å². The summed E-state index contributed by atoms with van der Waals surface area (Å²) in [5, 5.41) is 9.86. The van der Waals surface area contributed by atoms with Crippen LogP contribution in [0, 0.1) is 5.92 Å². The standard InChI is InChI=1S/C11H16O2/c1-2-9-6-7-10(13-9)11(12)8-4-3-5-8/h6-8,11-12H,2-5H2,1H3. The number of aryl methyl sites for hydroxylation is 1. The van der Waals surface area contributed by atoms with Gasteiger partial charge in [-0.15, -0.1) is 0 Å². The molecule has 2 nitrogen and oxygen atoms in total. The highest BCUT2D eigenvalue weighted by molar-refractivity contribution is 5.10. The summed E-state index contributed by atoms with van der Waals surface area (Å²) in [4.78, 5) is 0. The average Bonchev–Trinajstić information content (AvgIpc) is 2.48. The van der Waals surface area contributed by atoms with Crippen LogP contribution in [0.4, 0.5) is 0 Å². The topological polar surface area (TPSA) is 33.4 Å². The van der Waals surface area contributed by atoms with E-state index in [0.29, 0.717) is 5.92 Å². The number of aliphatic hydroxyl groups is 1. The zero-order valence-electron chi connectivity index (χ0n) is 7.99. The van der Waals surface area contributed by atoms with E-state index in [9.17, 15) is 5.11 Å². The first kappa shape index (κ1) is 8.82. The van der Waals surface area contributed by atoms with E-state index in [2.05, 4.69) is 6.92 Å². The van der Waals surface area contributed by atoms with E-state index < -0.39 is 0 Å². The molecule has 1 aromatic heterocycles. The monoisotopic (exact) mass is 180 g/mol. The fourth-order valence-corrected chi connectivity index (χ4v) is 1.73. The van der Waals surface area contributed by atoms with E-state index in [-0.39, 0.29) is 6.10 Å². The largest absolute Gasteiger partial charge is 0.463 e. The molecule has 0 aliphatic heterocycles. The van der Waals surface area contributed by atoms with Crippen LogP contribution in [-0.2, 0) is 6.42 Å². The van der Waals surface area contributed by atoms with Crippen molar-refractivity contribution < 1.29 is 9.52 Å². The molecule has 1 aromatic rings. The summed E-state index contributed by atoms with van der Waals surface area (Å²) in [7, 11) is 0. The first-order valence-corrected chi connectivity index (χ1v) is 5.08. The Balaban J connectivity index is 2.05. The van der Waals surface area contributed by atoms with Gasteiger partial charge in [0, 0.05) is 6.42 Å². The zero-order chi connectivity index (χ0) is 9.26. The molecule has 72 valence electrons. The van der Waals surface area contributed by atoms with Crippen molar-refractivity contribution in [3.8, 4) is 0 Å². The summed E-state index contributed by atoms with van der Waals surface area (Å²) >= 11 is 0. The zero-order valence-corrected chi connectivity index (χ0v) is 7.99. The van der Waals surface area contributed by atoms with Crippen LogP contribution in [-0.4, -0.2) is 5.11 Å². The molecule has 1 unspecified atom stereocenters. The van der Waals surface area contributed by atoms with Gasteiger partial charge in [0.1, 0.15) is 17.6 Å². The highest BCUT2D eigenvalue weighted by atomic mass is 16.4. The van der Waals surface area contributed by atoms with Crippen molar-refractivity contribution in [2.24, 2.45) is 5.92 Å². The minimum Gasteiger partial charge on any atom is -0.463 e. The van der Waals surface area contributed by atoms with E-state index in [1.165, 1.54) is 6.42 Å². The lowest BCUT2D eigenvalue weighted by molar-refractivity contribution is 0.0436. The van der Waals surface area contributed by atoms with E-state index in [1.54, 1.807) is 0 Å². The molecule has 0 radical (unpaired) electrons. The Morgan fingerprint density at radius 3 is 2.77 bits per heavy atom. The Labute approximate surface area is 78.6 Å². The van der Waals surface area contributed by atoms with Gasteiger partial charge in [0.15, 0.2) is 0 Å². The maximum absolute atomic E-state index is 9.86. The Kier molecular flexibility index (Phi) is 2.40. The van der Waals surface area contributed by atoms with Crippen LogP contribution in [0.3, 0.4) is 0 Å². The van der Waals surface area contributed by atoms with Crippen molar-refractivity contribution >= 4 is 0 Å². The van der Waals surface area contributed by atoms with Gasteiger partial charge in [-0.1, -0.05) is 13.3 Å². The van der Waals surface area contributed by atoms with Crippen molar-refractivity contribution in [1.29, 1.82) is 0 Å². The summed E-state index contributed by atoms with van der Waals surface area (Å²) < 4.78 is 5.50. The smallest absolute Gasteiger partial charge is 0.132 e. The fourth-order valence-electron chi connectivity index (χ4n) is 1.73. The maximum atomic E-state index is 9.86. The lowest BCUT2D eigenvalue weighted by Gasteiger charge is -2.28. The van der Waals surface area contributed by atoms with Crippen molar-refractivity contribution in [2.75, 3.05) is 0 Å². The van der Waals surface area contributed by atoms with E-state index in [1.807, 2.05) is 12.1 Å². The Morgan fingerprint density at radius 1 is 1.54 bits per heavy atom. The van der Waals surface area contributed by atoms with Crippen LogP contribution in [0.5, 0.6) is 0 Å². The number of aliphatic hydroxyl groups excluding tert-OH is 1. The second-order valence-electron chi connectivity index (χ2n) is 3.79. The highest BCUT2D eigenvalue weighted by Gasteiger charge is 2.28. The Hall–Kier alpha value is -0.760. The van der Waals surface area contributed by atoms with E-state index in [0.717, 1.165) is 30.8 Å². The van der Waals surface area contributed by atoms with Crippen molar-refractivity contribution in [3.63, 3.8) is 0 Å². The van der Waals surface area contributed by atoms with Crippen molar-refractivity contribution in [3.05, 3.63) is 23.7 Å². The van der Waals surface area contributed by atoms with Gasteiger partial charge in [-0.3, -0.25) is 0 Å². The van der Waals surface area contributed by atoms with Crippen LogP contribution in [0.2, 0.25) is 0 Å². The molecule has 0 bridgehead atoms. The molecule has 1 saturated carbocycles. The van der Waals surface area contributed by atoms with Gasteiger partial charge in [-0.25, -0.2) is 0 Å². The van der Waals surface area contributed by atoms with Gasteiger partial charge >= 0.3 is 0 Å². The first-order valence-electron chi connectivity index (χ1n) is 5.08. The minimum atomic E-state index is -0.367. The third-order valence-electron chi connectivity index (χ3n) is 2.92. The molecule has 1 aliphatic rings. The summed E-state index contributed by atoms with van der Waals surface area (Å²) in [6.45, 7) is 2.05. The summed E-state index contributed by atoms with van der Waals surface area (Å²) in [6.07, 6.45) is 4.07. The molecule has 1 atom stereocenters. The van der Waals surface area contributed by atoms with Crippen LogP contribution >= 0.6 is 0 Å². The first-order chi connectivity index (χ1) is 6.31. The van der Waals surface area contributed by atoms with Crippen LogP contribution in [0.15, 0.2) is 16.5 Å². The van der Waals surface area contributed by atoms with Gasteiger partial charge in [-0.05, 0) is 30.9 Å². The van der Waals surface area contributed by atoms with Gasteiger partial charge in [0.25, 0.3) is 0 Å². The molecular weight excluding hydrogens is 164 g/mol. The quantitative estimate of drug-likeness (QED) is 0.775. The van der Waals surface area contributed by atoms with Crippen LogP contribution in [0.25, 0.3) is 0 Å². The van der Waals surface area contributed by atoms with Crippen molar-refractivity contribution in [1.82, 2.24) is 0 Å². The molecule has 0 aromatic carbocycles. The number of hydrogen-bond acceptors (Lipinski definition) is 2. The van der Waals surface area contributed by atoms with E-state index >= 15 is 0 Å². The molecule has 13 heavy (non-hydrogen) atoms. The normalized spacial score (nSPS) is 19.8. The van der Waals surface area contributed by atoms with Gasteiger partial charge in [-0.2, -0.15) is 0 Å². The number of furan rings is 1. The van der Waals surface area contributed by atoms with Gasteiger partial charge in [0.05, 0.1) is 0 Å². The molecule has 1 N–H and O–H groups in total. The molecule has 0 amide bonds. The summed E-state index contributed by atoms with van der Waals surface area (Å²) in [6, 6.07) is 3.86. The lowest BCUT2D eigenvalue weighted by Crippen LogP contribution is -2.19. The molecule has 1 aliphatic carbocycles. The SMILES string of the molecule is CCc1ccc(C(O)C2CCC2)o1. The molecule has 0 saturated heterocycles. The molecular formula is C11H16O2. The predicted octanol–water partition coefficient (Wildman–Crippen LogP) is 2.68. The number of hydrogen-bond donors (Lipinski definition) is 1. The third kappa shape index (κ3) is 1.63. The maximum Gasteiger partial charge on any atom is 0.132 e. The third-order valence-corrected chi connectivity index (χ3v) is 2.92. The van der Waals surface area contributed by atoms with Crippen molar-refractivity contribution in [2.45, 2.75) is 38.7 Å². The van der Waals surface area contributed by atoms with Gasteiger partial charge < -0.3 is 9.52 Å². The molecule has 1 fully saturated rings. The van der Waals surface area contributed by atoms with E-state index in [4.69, 9.17) is 4.42 Å². The molecule has 0 spiro atoms. The average molecular weight is 180 g/mol. The highest BCUT2D eigenvalue weighted by Crippen LogP contribution is 2.37. The lowest BCUT2D eigenvalue weighted by atomic mass is 9.80. The number of rotatable bonds is 3. The predicted molar refractivity (Wildman–Crippen MR) is 50.4 cm³/mol.